The lowest BCUT2D eigenvalue weighted by Gasteiger charge is -2.13. The SMILES string of the molecule is Cc1cc(C)c(C)c(-c2c3cccc(CC(C)C)c3nc[n+]2C)c1. The van der Waals surface area contributed by atoms with Gasteiger partial charge in [0.15, 0.2) is 5.52 Å². The van der Waals surface area contributed by atoms with Crippen LogP contribution in [0.5, 0.6) is 0 Å². The molecule has 1 heterocycles. The van der Waals surface area contributed by atoms with Gasteiger partial charge in [-0.2, -0.15) is 0 Å². The van der Waals surface area contributed by atoms with Gasteiger partial charge in [-0.3, -0.25) is 0 Å². The van der Waals surface area contributed by atoms with E-state index in [-0.39, 0.29) is 0 Å². The van der Waals surface area contributed by atoms with Crippen molar-refractivity contribution in [2.24, 2.45) is 13.0 Å². The van der Waals surface area contributed by atoms with Crippen LogP contribution in [-0.2, 0) is 13.5 Å². The number of rotatable bonds is 3. The first kappa shape index (κ1) is 16.6. The summed E-state index contributed by atoms with van der Waals surface area (Å²) in [6.45, 7) is 11.1. The van der Waals surface area contributed by atoms with Crippen LogP contribution in [0.25, 0.3) is 22.2 Å². The van der Waals surface area contributed by atoms with Crippen molar-refractivity contribution in [3.8, 4) is 11.3 Å². The smallest absolute Gasteiger partial charge is 0.232 e. The number of hydrogen-bond acceptors (Lipinski definition) is 1. The summed E-state index contributed by atoms with van der Waals surface area (Å²) >= 11 is 0. The lowest BCUT2D eigenvalue weighted by Crippen LogP contribution is -2.32. The van der Waals surface area contributed by atoms with Crippen LogP contribution in [-0.4, -0.2) is 4.98 Å². The molecule has 3 aromatic rings. The number of para-hydroxylation sites is 1. The van der Waals surface area contributed by atoms with Crippen LogP contribution in [0, 0.1) is 26.7 Å². The molecule has 0 atom stereocenters. The van der Waals surface area contributed by atoms with E-state index in [1.165, 1.54) is 38.9 Å². The molecule has 1 aromatic heterocycles. The molecule has 0 unspecified atom stereocenters. The van der Waals surface area contributed by atoms with Crippen molar-refractivity contribution in [3.05, 3.63) is 58.9 Å². The van der Waals surface area contributed by atoms with E-state index in [1.807, 2.05) is 6.33 Å². The Bertz CT molecular complexity index is 907. The Morgan fingerprint density at radius 1 is 1.08 bits per heavy atom. The van der Waals surface area contributed by atoms with Crippen molar-refractivity contribution < 1.29 is 4.57 Å². The fourth-order valence-electron chi connectivity index (χ4n) is 3.55. The second-order valence-corrected chi connectivity index (χ2v) is 7.37. The summed E-state index contributed by atoms with van der Waals surface area (Å²) in [5.74, 6) is 0.623. The predicted octanol–water partition coefficient (Wildman–Crippen LogP) is 4.85. The molecule has 0 spiro atoms. The van der Waals surface area contributed by atoms with E-state index in [2.05, 4.69) is 76.6 Å². The van der Waals surface area contributed by atoms with Crippen molar-refractivity contribution >= 4 is 10.9 Å². The molecule has 0 radical (unpaired) electrons. The molecule has 0 aliphatic rings. The zero-order chi connectivity index (χ0) is 17.4. The zero-order valence-corrected chi connectivity index (χ0v) is 15.6. The summed E-state index contributed by atoms with van der Waals surface area (Å²) in [4.78, 5) is 4.76. The van der Waals surface area contributed by atoms with Gasteiger partial charge in [-0.15, -0.1) is 0 Å². The average Bonchev–Trinajstić information content (AvgIpc) is 2.51. The van der Waals surface area contributed by atoms with Gasteiger partial charge in [0.05, 0.1) is 12.4 Å². The molecule has 0 saturated carbocycles. The fourth-order valence-corrected chi connectivity index (χ4v) is 3.55. The second-order valence-electron chi connectivity index (χ2n) is 7.37. The van der Waals surface area contributed by atoms with E-state index < -0.39 is 0 Å². The van der Waals surface area contributed by atoms with E-state index in [0.29, 0.717) is 5.92 Å². The molecule has 3 rings (SSSR count). The van der Waals surface area contributed by atoms with Gasteiger partial charge in [-0.05, 0) is 61.4 Å². The Morgan fingerprint density at radius 2 is 1.83 bits per heavy atom. The molecule has 124 valence electrons. The normalized spacial score (nSPS) is 11.5. The largest absolute Gasteiger partial charge is 0.287 e. The van der Waals surface area contributed by atoms with Crippen LogP contribution in [0.15, 0.2) is 36.7 Å². The highest BCUT2D eigenvalue weighted by Gasteiger charge is 2.19. The van der Waals surface area contributed by atoms with E-state index >= 15 is 0 Å². The van der Waals surface area contributed by atoms with Crippen LogP contribution in [0.2, 0.25) is 0 Å². The van der Waals surface area contributed by atoms with Gasteiger partial charge in [0.25, 0.3) is 6.33 Å². The number of benzene rings is 2. The molecule has 24 heavy (non-hydrogen) atoms. The summed E-state index contributed by atoms with van der Waals surface area (Å²) in [6, 6.07) is 11.1. The Kier molecular flexibility index (Phi) is 4.40. The maximum Gasteiger partial charge on any atom is 0.287 e. The maximum atomic E-state index is 4.76. The molecule has 0 amide bonds. The molecule has 0 saturated heterocycles. The Balaban J connectivity index is 2.35. The molecule has 0 bridgehead atoms. The van der Waals surface area contributed by atoms with Crippen molar-refractivity contribution in [2.75, 3.05) is 0 Å². The summed E-state index contributed by atoms with van der Waals surface area (Å²) in [6.07, 6.45) is 3.02. The lowest BCUT2D eigenvalue weighted by atomic mass is 9.93. The number of nitrogens with zero attached hydrogens (tertiary/aromatic N) is 2. The third-order valence-electron chi connectivity index (χ3n) is 4.78. The zero-order valence-electron chi connectivity index (χ0n) is 15.6. The minimum atomic E-state index is 0.623. The Hall–Kier alpha value is -2.22. The minimum absolute atomic E-state index is 0.623. The number of aryl methyl sites for hydroxylation is 3. The Labute approximate surface area is 145 Å². The van der Waals surface area contributed by atoms with Crippen molar-refractivity contribution in [2.45, 2.75) is 41.0 Å². The van der Waals surface area contributed by atoms with Crippen molar-refractivity contribution in [1.29, 1.82) is 0 Å². The fraction of sp³-hybridized carbons (Fsp3) is 0.364. The second kappa shape index (κ2) is 6.35. The van der Waals surface area contributed by atoms with Gasteiger partial charge in [0.1, 0.15) is 5.69 Å². The molecule has 2 aromatic carbocycles. The van der Waals surface area contributed by atoms with Crippen molar-refractivity contribution in [1.82, 2.24) is 4.98 Å². The van der Waals surface area contributed by atoms with Gasteiger partial charge < -0.3 is 0 Å². The molecule has 0 N–H and O–H groups in total. The first-order valence-corrected chi connectivity index (χ1v) is 8.73. The molecular weight excluding hydrogens is 292 g/mol. The van der Waals surface area contributed by atoms with Gasteiger partial charge in [0, 0.05) is 11.1 Å². The molecule has 2 nitrogen and oxygen atoms in total. The van der Waals surface area contributed by atoms with Gasteiger partial charge in [-0.1, -0.05) is 37.6 Å². The molecule has 0 aliphatic carbocycles. The summed E-state index contributed by atoms with van der Waals surface area (Å²) in [7, 11) is 2.09. The quantitative estimate of drug-likeness (QED) is 0.631. The lowest BCUT2D eigenvalue weighted by molar-refractivity contribution is -0.662. The van der Waals surface area contributed by atoms with Gasteiger partial charge >= 0.3 is 0 Å². The summed E-state index contributed by atoms with van der Waals surface area (Å²) in [5, 5.41) is 1.24. The highest BCUT2D eigenvalue weighted by Crippen LogP contribution is 2.31. The van der Waals surface area contributed by atoms with E-state index in [1.54, 1.807) is 0 Å². The third-order valence-corrected chi connectivity index (χ3v) is 4.78. The van der Waals surface area contributed by atoms with Crippen LogP contribution < -0.4 is 4.57 Å². The van der Waals surface area contributed by atoms with E-state index in [9.17, 15) is 0 Å². The number of hydrogen-bond donors (Lipinski definition) is 0. The standard InChI is InChI=1S/C22H27N2/c1-14(2)10-18-8-7-9-19-21(18)23-13-24(6)22(19)20-12-15(3)11-16(4)17(20)5/h7-9,11-14H,10H2,1-6H3/q+1. The molecule has 0 fully saturated rings. The third kappa shape index (κ3) is 2.93. The highest BCUT2D eigenvalue weighted by molar-refractivity contribution is 5.93. The topological polar surface area (TPSA) is 16.8 Å². The number of fused-ring (bicyclic) bond motifs is 1. The summed E-state index contributed by atoms with van der Waals surface area (Å²) < 4.78 is 2.16. The van der Waals surface area contributed by atoms with Gasteiger partial charge in [0.2, 0.25) is 0 Å². The monoisotopic (exact) mass is 319 g/mol. The highest BCUT2D eigenvalue weighted by atomic mass is 15.0. The Morgan fingerprint density at radius 3 is 2.54 bits per heavy atom. The molecular formula is C22H27N2+. The first-order chi connectivity index (χ1) is 11.4. The predicted molar refractivity (Wildman–Crippen MR) is 101 cm³/mol. The average molecular weight is 319 g/mol. The van der Waals surface area contributed by atoms with Crippen LogP contribution in [0.4, 0.5) is 0 Å². The van der Waals surface area contributed by atoms with E-state index in [4.69, 9.17) is 4.98 Å². The summed E-state index contributed by atoms with van der Waals surface area (Å²) in [5.41, 5.74) is 9.03. The maximum absolute atomic E-state index is 4.76. The van der Waals surface area contributed by atoms with Crippen molar-refractivity contribution in [3.63, 3.8) is 0 Å². The first-order valence-electron chi connectivity index (χ1n) is 8.73. The molecule has 2 heteroatoms. The van der Waals surface area contributed by atoms with E-state index in [0.717, 1.165) is 11.9 Å². The minimum Gasteiger partial charge on any atom is -0.232 e. The van der Waals surface area contributed by atoms with Crippen LogP contribution in [0.3, 0.4) is 0 Å². The molecule has 0 aliphatic heterocycles. The van der Waals surface area contributed by atoms with Gasteiger partial charge in [-0.25, -0.2) is 4.57 Å². The van der Waals surface area contributed by atoms with Crippen LogP contribution in [0.1, 0.15) is 36.1 Å². The van der Waals surface area contributed by atoms with Crippen LogP contribution >= 0.6 is 0 Å². The number of aromatic nitrogens is 2.